The minimum Gasteiger partial charge on any atom is -0.412 e. The van der Waals surface area contributed by atoms with Crippen molar-refractivity contribution in [1.82, 2.24) is 0 Å². The van der Waals surface area contributed by atoms with Gasteiger partial charge in [0.05, 0.1) is 0 Å². The Bertz CT molecular complexity index is 1080. The zero-order valence-electron chi connectivity index (χ0n) is 19.5. The molecule has 1 radical (unpaired) electrons. The Morgan fingerprint density at radius 2 is 0.788 bits per heavy atom. The summed E-state index contributed by atoms with van der Waals surface area (Å²) >= 11 is -1.94. The van der Waals surface area contributed by atoms with Gasteiger partial charge in [-0.1, -0.05) is 0 Å². The Balaban J connectivity index is 0.00000306. The van der Waals surface area contributed by atoms with Crippen molar-refractivity contribution in [2.75, 3.05) is 0 Å². The maximum Gasteiger partial charge on any atom is -0.412 e. The zero-order chi connectivity index (χ0) is 22.7. The molecule has 0 heterocycles. The van der Waals surface area contributed by atoms with E-state index >= 15 is 0 Å². The van der Waals surface area contributed by atoms with E-state index in [1.807, 2.05) is 0 Å². The van der Waals surface area contributed by atoms with Gasteiger partial charge in [0.1, 0.15) is 0 Å². The molecule has 0 aliphatic rings. The standard InChI is InChI=1S/4C7H7.BrH.H2O.O.2Sn/c4*1-7-5-3-2-4-6-7;;;;;/h4*3-6H,1H3;1H;1H2;;;/q;;;;;;;;+1/p-1. The van der Waals surface area contributed by atoms with Gasteiger partial charge in [-0.15, -0.1) is 0 Å². The Hall–Kier alpha value is -1.12. The van der Waals surface area contributed by atoms with E-state index in [-0.39, 0.29) is 5.48 Å². The van der Waals surface area contributed by atoms with Crippen LogP contribution < -0.4 is 14.3 Å². The monoisotopic (exact) mass is 717 g/mol. The third kappa shape index (κ3) is 6.31. The van der Waals surface area contributed by atoms with Gasteiger partial charge in [-0.3, -0.25) is 0 Å². The van der Waals surface area contributed by atoms with Crippen LogP contribution in [-0.2, 0) is 1.41 Å². The summed E-state index contributed by atoms with van der Waals surface area (Å²) in [7, 11) is 0. The first-order chi connectivity index (χ1) is 15.3. The average molecular weight is 716 g/mol. The molecule has 5 heteroatoms. The molecule has 0 aliphatic heterocycles. The summed E-state index contributed by atoms with van der Waals surface area (Å²) in [4.78, 5) is 0. The molecule has 33 heavy (non-hydrogen) atoms. The van der Waals surface area contributed by atoms with Crippen molar-refractivity contribution in [3.05, 3.63) is 119 Å². The van der Waals surface area contributed by atoms with Gasteiger partial charge in [0.2, 0.25) is 0 Å². The molecule has 4 rings (SSSR count). The summed E-state index contributed by atoms with van der Waals surface area (Å²) in [6.45, 7) is 8.57. The van der Waals surface area contributed by atoms with Crippen molar-refractivity contribution in [3.63, 3.8) is 0 Å². The molecule has 0 saturated heterocycles. The first-order valence-corrected chi connectivity index (χ1v) is 25.3. The van der Waals surface area contributed by atoms with E-state index in [0.29, 0.717) is 0 Å². The Kier molecular flexibility index (Phi) is 9.26. The Morgan fingerprint density at radius 1 is 0.515 bits per heavy atom. The molecular weight excluding hydrogens is 686 g/mol. The van der Waals surface area contributed by atoms with Crippen LogP contribution in [0.3, 0.4) is 0 Å². The van der Waals surface area contributed by atoms with Crippen molar-refractivity contribution in [2.24, 2.45) is 0 Å². The summed E-state index contributed by atoms with van der Waals surface area (Å²) in [5.41, 5.74) is 5.11. The van der Waals surface area contributed by atoms with Gasteiger partial charge in [0, 0.05) is 0 Å². The predicted octanol–water partition coefficient (Wildman–Crippen LogP) is 3.87. The second kappa shape index (κ2) is 11.5. The molecule has 2 nitrogen and oxygen atoms in total. The molecule has 0 unspecified atom stereocenters. The van der Waals surface area contributed by atoms with Crippen LogP contribution in [-0.4, -0.2) is 42.2 Å². The van der Waals surface area contributed by atoms with Crippen LogP contribution in [0.25, 0.3) is 0 Å². The molecule has 0 bridgehead atoms. The van der Waals surface area contributed by atoms with Gasteiger partial charge in [-0.2, -0.15) is 0 Å². The predicted molar refractivity (Wildman–Crippen MR) is 148 cm³/mol. The molecule has 0 amide bonds. The van der Waals surface area contributed by atoms with Gasteiger partial charge < -0.3 is 5.48 Å². The Labute approximate surface area is 215 Å². The number of benzene rings is 4. The van der Waals surface area contributed by atoms with E-state index in [1.54, 1.807) is 0 Å². The number of rotatable bonds is 6. The molecule has 0 atom stereocenters. The SMILES string of the molecule is Cc1cc[c]([Sn]([O][Sn]([Br])([c]2ccc(C)cc2)[c]2ccc(C)cc2)[c]2ccc(C)cc2)cc1.O. The molecular formula is C28H30BrO2Sn2. The maximum absolute atomic E-state index is 7.47. The first-order valence-electron chi connectivity index (χ1n) is 10.9. The van der Waals surface area contributed by atoms with Gasteiger partial charge in [0.15, 0.2) is 0 Å². The second-order valence-electron chi connectivity index (χ2n) is 8.49. The van der Waals surface area contributed by atoms with Gasteiger partial charge in [-0.25, -0.2) is 0 Å². The zero-order valence-corrected chi connectivity index (χ0v) is 26.8. The van der Waals surface area contributed by atoms with E-state index in [4.69, 9.17) is 1.41 Å². The fourth-order valence-corrected chi connectivity index (χ4v) is 39.0. The fraction of sp³-hybridized carbons (Fsp3) is 0.143. The van der Waals surface area contributed by atoms with Gasteiger partial charge in [-0.05, 0) is 0 Å². The van der Waals surface area contributed by atoms with Crippen LogP contribution in [0, 0.1) is 27.7 Å². The van der Waals surface area contributed by atoms with E-state index in [9.17, 15) is 0 Å². The van der Waals surface area contributed by atoms with Crippen LogP contribution in [0.4, 0.5) is 0 Å². The van der Waals surface area contributed by atoms with Crippen molar-refractivity contribution in [1.29, 1.82) is 0 Å². The average Bonchev–Trinajstić information content (AvgIpc) is 2.79. The number of hydrogen-bond donors (Lipinski definition) is 0. The van der Waals surface area contributed by atoms with E-state index < -0.39 is 36.7 Å². The summed E-state index contributed by atoms with van der Waals surface area (Å²) < 4.78 is 12.9. The van der Waals surface area contributed by atoms with E-state index in [2.05, 4.69) is 137 Å². The number of aryl methyl sites for hydroxylation is 4. The Morgan fingerprint density at radius 3 is 1.09 bits per heavy atom. The smallest absolute Gasteiger partial charge is 0.412 e. The summed E-state index contributed by atoms with van der Waals surface area (Å²) in [6.07, 6.45) is 0. The third-order valence-electron chi connectivity index (χ3n) is 5.72. The number of hydrogen-bond acceptors (Lipinski definition) is 1. The molecule has 169 valence electrons. The van der Waals surface area contributed by atoms with Crippen molar-refractivity contribution in [3.8, 4) is 0 Å². The van der Waals surface area contributed by atoms with E-state index in [1.165, 1.54) is 36.6 Å². The third-order valence-corrected chi connectivity index (χ3v) is 40.9. The van der Waals surface area contributed by atoms with E-state index in [0.717, 1.165) is 0 Å². The van der Waals surface area contributed by atoms with Gasteiger partial charge in [0.25, 0.3) is 0 Å². The van der Waals surface area contributed by atoms with Crippen LogP contribution in [0.15, 0.2) is 97.1 Å². The minimum atomic E-state index is -3.57. The molecule has 2 N–H and O–H groups in total. The van der Waals surface area contributed by atoms with Crippen molar-refractivity contribution >= 4 is 63.8 Å². The molecule has 0 saturated carbocycles. The minimum absolute atomic E-state index is 0. The summed E-state index contributed by atoms with van der Waals surface area (Å²) in [6, 6.07) is 35.9. The molecule has 0 fully saturated rings. The fourth-order valence-electron chi connectivity index (χ4n) is 3.66. The summed E-state index contributed by atoms with van der Waals surface area (Å²) in [5.74, 6) is 0. The topological polar surface area (TPSA) is 40.7 Å². The molecule has 0 spiro atoms. The van der Waals surface area contributed by atoms with Crippen molar-refractivity contribution < 1.29 is 6.89 Å². The maximum atomic E-state index is 7.47. The van der Waals surface area contributed by atoms with Crippen LogP contribution in [0.2, 0.25) is 0 Å². The quantitative estimate of drug-likeness (QED) is 0.280. The van der Waals surface area contributed by atoms with Gasteiger partial charge >= 0.3 is 212 Å². The number of halogens is 1. The molecule has 0 aliphatic carbocycles. The van der Waals surface area contributed by atoms with Crippen LogP contribution >= 0.6 is 12.7 Å². The normalized spacial score (nSPS) is 11.3. The molecule has 0 aromatic heterocycles. The van der Waals surface area contributed by atoms with Crippen LogP contribution in [0.5, 0.6) is 0 Å². The van der Waals surface area contributed by atoms with Crippen molar-refractivity contribution in [2.45, 2.75) is 27.7 Å². The van der Waals surface area contributed by atoms with Crippen LogP contribution in [0.1, 0.15) is 22.3 Å². The second-order valence-corrected chi connectivity index (χ2v) is 32.3. The molecule has 4 aromatic carbocycles. The molecule has 4 aromatic rings. The first kappa shape index (κ1) is 26.5. The largest absolute Gasteiger partial charge is 0.412 e. The summed E-state index contributed by atoms with van der Waals surface area (Å²) in [5, 5.41) is 0.